The van der Waals surface area contributed by atoms with Crippen LogP contribution in [0.3, 0.4) is 0 Å². The number of benzene rings is 1. The molecule has 110 valence electrons. The molecule has 3 nitrogen and oxygen atoms in total. The van der Waals surface area contributed by atoms with Crippen molar-refractivity contribution in [1.29, 1.82) is 0 Å². The molecule has 0 spiro atoms. The van der Waals surface area contributed by atoms with E-state index in [0.717, 1.165) is 36.6 Å². The van der Waals surface area contributed by atoms with Crippen LogP contribution in [0.15, 0.2) is 35.7 Å². The molecule has 3 rings (SSSR count). The van der Waals surface area contributed by atoms with Gasteiger partial charge in [-0.1, -0.05) is 30.3 Å². The second-order valence-corrected chi connectivity index (χ2v) is 6.66. The summed E-state index contributed by atoms with van der Waals surface area (Å²) in [6, 6.07) is 10.6. The quantitative estimate of drug-likeness (QED) is 0.870. The highest BCUT2D eigenvalue weighted by Gasteiger charge is 2.24. The van der Waals surface area contributed by atoms with Gasteiger partial charge in [-0.3, -0.25) is 4.79 Å². The average Bonchev–Trinajstić information content (AvgIpc) is 2.93. The number of nitrogens with zero attached hydrogens (tertiary/aromatic N) is 2. The molecule has 1 aliphatic rings. The molecule has 2 heterocycles. The van der Waals surface area contributed by atoms with Gasteiger partial charge >= 0.3 is 0 Å². The van der Waals surface area contributed by atoms with E-state index >= 15 is 0 Å². The van der Waals surface area contributed by atoms with Crippen LogP contribution in [0.4, 0.5) is 0 Å². The minimum Gasteiger partial charge on any atom is -0.342 e. The van der Waals surface area contributed by atoms with E-state index in [-0.39, 0.29) is 5.91 Å². The predicted molar refractivity (Wildman–Crippen MR) is 85.6 cm³/mol. The van der Waals surface area contributed by atoms with Crippen LogP contribution in [0.25, 0.3) is 0 Å². The molecule has 2 aromatic rings. The van der Waals surface area contributed by atoms with Gasteiger partial charge in [-0.25, -0.2) is 4.98 Å². The molecule has 0 aliphatic carbocycles. The monoisotopic (exact) mass is 300 g/mol. The van der Waals surface area contributed by atoms with E-state index in [1.165, 1.54) is 5.56 Å². The number of rotatable bonds is 3. The highest BCUT2D eigenvalue weighted by atomic mass is 32.1. The minimum absolute atomic E-state index is 0.215. The molecule has 4 heteroatoms. The molecule has 0 atom stereocenters. The van der Waals surface area contributed by atoms with Crippen molar-refractivity contribution in [3.8, 4) is 0 Å². The Morgan fingerprint density at radius 3 is 2.62 bits per heavy atom. The Balaban J connectivity index is 1.54. The summed E-state index contributed by atoms with van der Waals surface area (Å²) in [4.78, 5) is 18.7. The Morgan fingerprint density at radius 1 is 1.29 bits per heavy atom. The zero-order valence-corrected chi connectivity index (χ0v) is 13.1. The molecule has 1 fully saturated rings. The summed E-state index contributed by atoms with van der Waals surface area (Å²) in [5, 5.41) is 3.02. The summed E-state index contributed by atoms with van der Waals surface area (Å²) < 4.78 is 0. The van der Waals surface area contributed by atoms with Crippen LogP contribution < -0.4 is 0 Å². The van der Waals surface area contributed by atoms with Crippen molar-refractivity contribution in [2.45, 2.75) is 32.1 Å². The fourth-order valence-corrected chi connectivity index (χ4v) is 3.56. The highest BCUT2D eigenvalue weighted by Crippen LogP contribution is 2.28. The number of likely N-dealkylation sites (tertiary alicyclic amines) is 1. The highest BCUT2D eigenvalue weighted by molar-refractivity contribution is 7.09. The first-order valence-corrected chi connectivity index (χ1v) is 8.34. The summed E-state index contributed by atoms with van der Waals surface area (Å²) in [6.07, 6.45) is 2.57. The van der Waals surface area contributed by atoms with Crippen molar-refractivity contribution >= 4 is 17.2 Å². The SMILES string of the molecule is Cc1nc(CC(=O)N2CCC(c3ccccc3)CC2)cs1. The Hall–Kier alpha value is -1.68. The van der Waals surface area contributed by atoms with E-state index in [2.05, 4.69) is 35.3 Å². The molecular weight excluding hydrogens is 280 g/mol. The fourth-order valence-electron chi connectivity index (χ4n) is 2.94. The van der Waals surface area contributed by atoms with E-state index in [0.29, 0.717) is 12.3 Å². The number of amides is 1. The standard InChI is InChI=1S/C17H20N2OS/c1-13-18-16(12-21-13)11-17(20)19-9-7-15(8-10-19)14-5-3-2-4-6-14/h2-6,12,15H,7-11H2,1H3. The minimum atomic E-state index is 0.215. The average molecular weight is 300 g/mol. The lowest BCUT2D eigenvalue weighted by Gasteiger charge is -2.32. The maximum absolute atomic E-state index is 12.3. The molecular formula is C17H20N2OS. The van der Waals surface area contributed by atoms with E-state index in [1.54, 1.807) is 11.3 Å². The summed E-state index contributed by atoms with van der Waals surface area (Å²) in [5.74, 6) is 0.809. The van der Waals surface area contributed by atoms with E-state index in [9.17, 15) is 4.79 Å². The van der Waals surface area contributed by atoms with Gasteiger partial charge in [-0.15, -0.1) is 11.3 Å². The molecule has 1 saturated heterocycles. The van der Waals surface area contributed by atoms with Crippen molar-refractivity contribution in [1.82, 2.24) is 9.88 Å². The normalized spacial score (nSPS) is 16.1. The van der Waals surface area contributed by atoms with Crippen molar-refractivity contribution in [3.05, 3.63) is 52.0 Å². The number of carbonyl (C=O) groups excluding carboxylic acids is 1. The van der Waals surface area contributed by atoms with E-state index in [4.69, 9.17) is 0 Å². The second-order valence-electron chi connectivity index (χ2n) is 5.60. The van der Waals surface area contributed by atoms with Crippen LogP contribution in [0.5, 0.6) is 0 Å². The van der Waals surface area contributed by atoms with Crippen molar-refractivity contribution in [3.63, 3.8) is 0 Å². The van der Waals surface area contributed by atoms with Gasteiger partial charge < -0.3 is 4.90 Å². The Labute approximate surface area is 129 Å². The first kappa shape index (κ1) is 14.3. The first-order valence-electron chi connectivity index (χ1n) is 7.46. The van der Waals surface area contributed by atoms with Gasteiger partial charge in [0, 0.05) is 18.5 Å². The molecule has 0 N–H and O–H groups in total. The lowest BCUT2D eigenvalue weighted by molar-refractivity contribution is -0.131. The largest absolute Gasteiger partial charge is 0.342 e. The third-order valence-corrected chi connectivity index (χ3v) is 4.94. The van der Waals surface area contributed by atoms with E-state index in [1.807, 2.05) is 17.2 Å². The van der Waals surface area contributed by atoms with Gasteiger partial charge in [0.25, 0.3) is 0 Å². The third-order valence-electron chi connectivity index (χ3n) is 4.12. The van der Waals surface area contributed by atoms with Crippen LogP contribution in [0.2, 0.25) is 0 Å². The predicted octanol–water partition coefficient (Wildman–Crippen LogP) is 3.40. The van der Waals surface area contributed by atoms with Gasteiger partial charge in [-0.2, -0.15) is 0 Å². The zero-order valence-electron chi connectivity index (χ0n) is 12.3. The topological polar surface area (TPSA) is 33.2 Å². The summed E-state index contributed by atoms with van der Waals surface area (Å²) >= 11 is 1.61. The number of carbonyl (C=O) groups is 1. The molecule has 0 radical (unpaired) electrons. The Bertz CT molecular complexity index is 600. The van der Waals surface area contributed by atoms with Crippen LogP contribution in [-0.2, 0) is 11.2 Å². The van der Waals surface area contributed by atoms with Gasteiger partial charge in [-0.05, 0) is 31.2 Å². The van der Waals surface area contributed by atoms with Gasteiger partial charge in [0.05, 0.1) is 17.1 Å². The number of hydrogen-bond acceptors (Lipinski definition) is 3. The Kier molecular flexibility index (Phi) is 4.34. The fraction of sp³-hybridized carbons (Fsp3) is 0.412. The molecule has 1 aliphatic heterocycles. The lowest BCUT2D eigenvalue weighted by Crippen LogP contribution is -2.38. The summed E-state index contributed by atoms with van der Waals surface area (Å²) in [6.45, 7) is 3.70. The molecule has 1 aromatic heterocycles. The van der Waals surface area contributed by atoms with Gasteiger partial charge in [0.1, 0.15) is 0 Å². The van der Waals surface area contributed by atoms with Crippen LogP contribution in [0.1, 0.15) is 35.0 Å². The molecule has 1 amide bonds. The number of thiazole rings is 1. The van der Waals surface area contributed by atoms with Gasteiger partial charge in [0.2, 0.25) is 5.91 Å². The van der Waals surface area contributed by atoms with Gasteiger partial charge in [0.15, 0.2) is 0 Å². The molecule has 1 aromatic carbocycles. The second kappa shape index (κ2) is 6.39. The van der Waals surface area contributed by atoms with Crippen molar-refractivity contribution < 1.29 is 4.79 Å². The van der Waals surface area contributed by atoms with Crippen molar-refractivity contribution in [2.24, 2.45) is 0 Å². The maximum atomic E-state index is 12.3. The summed E-state index contributed by atoms with van der Waals surface area (Å²) in [5.41, 5.74) is 2.31. The van der Waals surface area contributed by atoms with Crippen LogP contribution in [-0.4, -0.2) is 28.9 Å². The van der Waals surface area contributed by atoms with Crippen molar-refractivity contribution in [2.75, 3.05) is 13.1 Å². The van der Waals surface area contributed by atoms with Crippen LogP contribution in [0, 0.1) is 6.92 Å². The third kappa shape index (κ3) is 3.50. The van der Waals surface area contributed by atoms with E-state index < -0.39 is 0 Å². The van der Waals surface area contributed by atoms with Crippen LogP contribution >= 0.6 is 11.3 Å². The molecule has 0 unspecified atom stereocenters. The molecule has 21 heavy (non-hydrogen) atoms. The smallest absolute Gasteiger partial charge is 0.228 e. The molecule has 0 saturated carbocycles. The lowest BCUT2D eigenvalue weighted by atomic mass is 9.89. The Morgan fingerprint density at radius 2 is 2.00 bits per heavy atom. The first-order chi connectivity index (χ1) is 10.2. The zero-order chi connectivity index (χ0) is 14.7. The summed E-state index contributed by atoms with van der Waals surface area (Å²) in [7, 11) is 0. The number of piperidine rings is 1. The number of hydrogen-bond donors (Lipinski definition) is 0. The number of aryl methyl sites for hydroxylation is 1. The molecule has 0 bridgehead atoms. The number of aromatic nitrogens is 1. The maximum Gasteiger partial charge on any atom is 0.228 e.